The molecular weight excluding hydrogens is 342 g/mol. The van der Waals surface area contributed by atoms with Gasteiger partial charge in [-0.05, 0) is 42.0 Å². The van der Waals surface area contributed by atoms with Crippen LogP contribution in [-0.4, -0.2) is 18.8 Å². The molecule has 0 radical (unpaired) electrons. The number of carbonyl (C=O) groups excluding carboxylic acids is 1. The van der Waals surface area contributed by atoms with Gasteiger partial charge in [0.05, 0.1) is 0 Å². The molecule has 0 saturated heterocycles. The van der Waals surface area contributed by atoms with Crippen LogP contribution in [0.2, 0.25) is 5.02 Å². The van der Waals surface area contributed by atoms with Gasteiger partial charge in [0.2, 0.25) is 0 Å². The molecule has 0 bridgehead atoms. The fourth-order valence-corrected chi connectivity index (χ4v) is 2.66. The van der Waals surface area contributed by atoms with Crippen LogP contribution in [0.4, 0.5) is 4.39 Å². The van der Waals surface area contributed by atoms with Crippen LogP contribution < -0.4 is 29.6 Å². The van der Waals surface area contributed by atoms with Gasteiger partial charge >= 0.3 is 29.6 Å². The molecule has 0 amide bonds. The van der Waals surface area contributed by atoms with E-state index < -0.39 is 27.5 Å². The van der Waals surface area contributed by atoms with Crippen LogP contribution in [0.25, 0.3) is 0 Å². The molecule has 4 nitrogen and oxygen atoms in total. The number of carbonyl (C=O) groups is 1. The minimum absolute atomic E-state index is 0. The van der Waals surface area contributed by atoms with Gasteiger partial charge < -0.3 is 1.43 Å². The van der Waals surface area contributed by atoms with Crippen LogP contribution in [-0.2, 0) is 15.9 Å². The molecule has 2 aromatic carbocycles. The first-order chi connectivity index (χ1) is 9.76. The molecule has 0 aliphatic rings. The summed E-state index contributed by atoms with van der Waals surface area (Å²) in [7, 11) is -4.29. The van der Waals surface area contributed by atoms with E-state index in [0.717, 1.165) is 12.1 Å². The Kier molecular flexibility index (Phi) is 6.73. The maximum absolute atomic E-state index is 12.9. The molecule has 0 heterocycles. The quantitative estimate of drug-likeness (QED) is 0.485. The van der Waals surface area contributed by atoms with E-state index in [2.05, 4.69) is 0 Å². The minimum atomic E-state index is -4.29. The summed E-state index contributed by atoms with van der Waals surface area (Å²) in [5.41, 5.74) is 0.359. The molecule has 22 heavy (non-hydrogen) atoms. The normalized spacial score (nSPS) is 10.9. The third-order valence-corrected chi connectivity index (χ3v) is 3.67. The third-order valence-electron chi connectivity index (χ3n) is 2.76. The van der Waals surface area contributed by atoms with E-state index in [4.69, 9.17) is 16.2 Å². The van der Waals surface area contributed by atoms with Gasteiger partial charge in [0.1, 0.15) is 11.6 Å². The maximum Gasteiger partial charge on any atom is 1.00 e. The third kappa shape index (κ3) is 5.15. The Morgan fingerprint density at radius 2 is 1.77 bits per heavy atom. The largest absolute Gasteiger partial charge is 1.00 e. The Labute approximate surface area is 155 Å². The molecule has 0 aromatic heterocycles. The van der Waals surface area contributed by atoms with Crippen LogP contribution in [0.1, 0.15) is 22.9 Å². The van der Waals surface area contributed by atoms with Gasteiger partial charge in [0.25, 0.3) is 10.1 Å². The SMILES string of the molecule is O=C(c1ccc(F)cc1)c1cc(Cl)ccc1CS(=O)(=O)O.[H-].[Na+]. The molecule has 0 fully saturated rings. The predicted octanol–water partition coefficient (Wildman–Crippen LogP) is 0.214. The first kappa shape index (κ1) is 19.3. The molecule has 0 aliphatic heterocycles. The minimum Gasteiger partial charge on any atom is -1.00 e. The van der Waals surface area contributed by atoms with Gasteiger partial charge in [-0.2, -0.15) is 8.42 Å². The zero-order valence-corrected chi connectivity index (χ0v) is 15.2. The summed E-state index contributed by atoms with van der Waals surface area (Å²) in [6.45, 7) is 0. The summed E-state index contributed by atoms with van der Waals surface area (Å²) < 4.78 is 43.8. The Morgan fingerprint density at radius 3 is 2.32 bits per heavy atom. The summed E-state index contributed by atoms with van der Waals surface area (Å²) >= 11 is 5.82. The van der Waals surface area contributed by atoms with Crippen molar-refractivity contribution in [2.45, 2.75) is 5.75 Å². The topological polar surface area (TPSA) is 71.4 Å². The van der Waals surface area contributed by atoms with Gasteiger partial charge in [-0.3, -0.25) is 9.35 Å². The van der Waals surface area contributed by atoms with Gasteiger partial charge in [-0.25, -0.2) is 4.39 Å². The van der Waals surface area contributed by atoms with Crippen LogP contribution >= 0.6 is 11.6 Å². The van der Waals surface area contributed by atoms with Gasteiger partial charge in [0.15, 0.2) is 5.78 Å². The Balaban J connectivity index is 0.00000242. The van der Waals surface area contributed by atoms with Crippen molar-refractivity contribution in [2.75, 3.05) is 0 Å². The standard InChI is InChI=1S/C14H10ClFO4S.Na.H/c15-11-4-1-10(8-21(18,19)20)13(7-11)14(17)9-2-5-12(16)6-3-9;;/h1-7H,8H2,(H,18,19,20);;/q;+1;-1. The number of rotatable bonds is 4. The maximum atomic E-state index is 12.9. The molecule has 0 aliphatic carbocycles. The molecular formula is C14H11ClFNaO4S. The monoisotopic (exact) mass is 352 g/mol. The average Bonchev–Trinajstić information content (AvgIpc) is 2.39. The number of ketones is 1. The molecule has 0 atom stereocenters. The van der Waals surface area contributed by atoms with Crippen molar-refractivity contribution in [3.8, 4) is 0 Å². The van der Waals surface area contributed by atoms with E-state index in [1.807, 2.05) is 0 Å². The zero-order chi connectivity index (χ0) is 15.6. The van der Waals surface area contributed by atoms with Crippen molar-refractivity contribution in [1.29, 1.82) is 0 Å². The zero-order valence-electron chi connectivity index (χ0n) is 12.6. The first-order valence-corrected chi connectivity index (χ1v) is 7.79. The Bertz CT molecular complexity index is 797. The van der Waals surface area contributed by atoms with E-state index in [1.165, 1.54) is 30.3 Å². The summed E-state index contributed by atoms with van der Waals surface area (Å²) in [4.78, 5) is 12.4. The molecule has 0 saturated carbocycles. The van der Waals surface area contributed by atoms with E-state index in [-0.39, 0.29) is 52.7 Å². The fraction of sp³-hybridized carbons (Fsp3) is 0.0714. The van der Waals surface area contributed by atoms with Gasteiger partial charge in [-0.1, -0.05) is 17.7 Å². The van der Waals surface area contributed by atoms with Crippen molar-refractivity contribution < 1.29 is 53.1 Å². The number of hydrogen-bond donors (Lipinski definition) is 1. The van der Waals surface area contributed by atoms with Crippen molar-refractivity contribution in [3.63, 3.8) is 0 Å². The Hall–Kier alpha value is -0.760. The number of hydrogen-bond acceptors (Lipinski definition) is 3. The molecule has 0 spiro atoms. The molecule has 1 N–H and O–H groups in total. The van der Waals surface area contributed by atoms with E-state index in [9.17, 15) is 17.6 Å². The molecule has 2 aromatic rings. The van der Waals surface area contributed by atoms with E-state index >= 15 is 0 Å². The fourth-order valence-electron chi connectivity index (χ4n) is 1.84. The molecule has 8 heteroatoms. The van der Waals surface area contributed by atoms with E-state index in [0.29, 0.717) is 0 Å². The molecule has 2 rings (SSSR count). The Morgan fingerprint density at radius 1 is 1.18 bits per heavy atom. The van der Waals surface area contributed by atoms with Crippen molar-refractivity contribution in [1.82, 2.24) is 0 Å². The first-order valence-electron chi connectivity index (χ1n) is 5.80. The second kappa shape index (κ2) is 7.68. The molecule has 112 valence electrons. The predicted molar refractivity (Wildman–Crippen MR) is 77.6 cm³/mol. The summed E-state index contributed by atoms with van der Waals surface area (Å²) in [6.07, 6.45) is 0. The summed E-state index contributed by atoms with van der Waals surface area (Å²) in [5.74, 6) is -1.70. The van der Waals surface area contributed by atoms with E-state index in [1.54, 1.807) is 0 Å². The van der Waals surface area contributed by atoms with Crippen LogP contribution in [0, 0.1) is 5.82 Å². The van der Waals surface area contributed by atoms with Crippen LogP contribution in [0.3, 0.4) is 0 Å². The van der Waals surface area contributed by atoms with Crippen LogP contribution in [0.15, 0.2) is 42.5 Å². The molecule has 0 unspecified atom stereocenters. The summed E-state index contributed by atoms with van der Waals surface area (Å²) in [6, 6.07) is 8.91. The van der Waals surface area contributed by atoms with Crippen LogP contribution in [0.5, 0.6) is 0 Å². The second-order valence-electron chi connectivity index (χ2n) is 4.36. The summed E-state index contributed by atoms with van der Waals surface area (Å²) in [5, 5.41) is 0.250. The van der Waals surface area contributed by atoms with Crippen molar-refractivity contribution in [2.24, 2.45) is 0 Å². The van der Waals surface area contributed by atoms with Gasteiger partial charge in [0, 0.05) is 16.1 Å². The number of halogens is 2. The number of benzene rings is 2. The van der Waals surface area contributed by atoms with Gasteiger partial charge in [-0.15, -0.1) is 0 Å². The average molecular weight is 353 g/mol. The second-order valence-corrected chi connectivity index (χ2v) is 6.25. The smallest absolute Gasteiger partial charge is 1.00 e. The van der Waals surface area contributed by atoms with Crippen molar-refractivity contribution in [3.05, 3.63) is 70.0 Å². The van der Waals surface area contributed by atoms with Crippen molar-refractivity contribution >= 4 is 27.5 Å².